The van der Waals surface area contributed by atoms with E-state index in [1.54, 1.807) is 0 Å². The van der Waals surface area contributed by atoms with E-state index in [9.17, 15) is 0 Å². The number of halogens is 4. The molecule has 1 aromatic heterocycles. The second kappa shape index (κ2) is 10.9. The summed E-state index contributed by atoms with van der Waals surface area (Å²) in [6, 6.07) is 39.8. The van der Waals surface area contributed by atoms with Gasteiger partial charge in [0.05, 0.1) is 23.3 Å². The SMILES string of the molecule is [Cl][Fe-]([Cl])([Cl])[Cl].c1ccc(-c2cc(-c3ccccc3)[o+]c(-c3ccc4ccccc4c3)c2)cc1. The summed E-state index contributed by atoms with van der Waals surface area (Å²) in [6.45, 7) is 0. The predicted molar refractivity (Wildman–Crippen MR) is 140 cm³/mol. The van der Waals surface area contributed by atoms with Crippen LogP contribution in [0.3, 0.4) is 0 Å². The molecule has 0 aliphatic carbocycles. The van der Waals surface area contributed by atoms with Crippen molar-refractivity contribution < 1.29 is 13.6 Å². The topological polar surface area (TPSA) is 11.3 Å². The number of hydrogen-bond donors (Lipinski definition) is 0. The minimum atomic E-state index is -2.61. The monoisotopic (exact) mass is 555 g/mol. The molecule has 1 heterocycles. The normalized spacial score (nSPS) is 11.5. The van der Waals surface area contributed by atoms with E-state index >= 15 is 0 Å². The molecule has 169 valence electrons. The number of rotatable bonds is 3. The molecule has 0 aliphatic rings. The van der Waals surface area contributed by atoms with Gasteiger partial charge in [0.15, 0.2) is 0 Å². The fourth-order valence-corrected chi connectivity index (χ4v) is 3.53. The minimum Gasteiger partial charge on any atom is -0.207 e. The maximum Gasteiger partial charge on any atom is 0.361 e. The third-order valence-corrected chi connectivity index (χ3v) is 4.99. The van der Waals surface area contributed by atoms with Gasteiger partial charge in [0.1, 0.15) is 0 Å². The number of benzene rings is 4. The van der Waals surface area contributed by atoms with Crippen LogP contribution in [0.5, 0.6) is 0 Å². The van der Waals surface area contributed by atoms with Gasteiger partial charge in [-0.15, -0.1) is 0 Å². The molecular weight excluding hydrogens is 538 g/mol. The average molecular weight is 557 g/mol. The third-order valence-electron chi connectivity index (χ3n) is 4.99. The van der Waals surface area contributed by atoms with Gasteiger partial charge in [-0.1, -0.05) is 78.9 Å². The van der Waals surface area contributed by atoms with E-state index in [2.05, 4.69) is 91.0 Å². The Bertz CT molecular complexity index is 1290. The number of fused-ring (bicyclic) bond motifs is 1. The number of hydrogen-bond acceptors (Lipinski definition) is 0. The third kappa shape index (κ3) is 6.98. The molecule has 0 unspecified atom stereocenters. The molecule has 0 saturated heterocycles. The first-order chi connectivity index (χ1) is 15.9. The van der Waals surface area contributed by atoms with Crippen LogP contribution < -0.4 is 0 Å². The van der Waals surface area contributed by atoms with Crippen LogP contribution in [0, 0.1) is 0 Å². The smallest absolute Gasteiger partial charge is 0.207 e. The van der Waals surface area contributed by atoms with E-state index in [0.29, 0.717) is 0 Å². The van der Waals surface area contributed by atoms with E-state index in [4.69, 9.17) is 44.8 Å². The van der Waals surface area contributed by atoms with Crippen molar-refractivity contribution in [3.05, 3.63) is 115 Å². The largest absolute Gasteiger partial charge is 0.361 e. The van der Waals surface area contributed by atoms with Crippen LogP contribution in [-0.4, -0.2) is 0 Å². The van der Waals surface area contributed by atoms with Gasteiger partial charge in [0.2, 0.25) is 0 Å². The summed E-state index contributed by atoms with van der Waals surface area (Å²) in [7, 11) is 17.2. The summed E-state index contributed by atoms with van der Waals surface area (Å²) in [6.07, 6.45) is 0. The van der Waals surface area contributed by atoms with Crippen LogP contribution in [0.15, 0.2) is 120 Å². The van der Waals surface area contributed by atoms with E-state index in [1.165, 1.54) is 16.3 Å². The van der Waals surface area contributed by atoms with Crippen LogP contribution in [-0.2, 0) is 9.20 Å². The predicted octanol–water partition coefficient (Wildman–Crippen LogP) is 10.5. The van der Waals surface area contributed by atoms with Gasteiger partial charge < -0.3 is 0 Å². The van der Waals surface area contributed by atoms with E-state index in [-0.39, 0.29) is 0 Å². The Kier molecular flexibility index (Phi) is 7.98. The van der Waals surface area contributed by atoms with Crippen molar-refractivity contribution >= 4 is 51.2 Å². The maximum atomic E-state index is 6.36. The Balaban J connectivity index is 0.000000471. The molecule has 0 N–H and O–H groups in total. The van der Waals surface area contributed by atoms with Crippen molar-refractivity contribution in [3.8, 4) is 33.8 Å². The van der Waals surface area contributed by atoms with Crippen LogP contribution in [0.25, 0.3) is 44.5 Å². The van der Waals surface area contributed by atoms with Crippen molar-refractivity contribution in [2.45, 2.75) is 0 Å². The van der Waals surface area contributed by atoms with Crippen molar-refractivity contribution in [2.24, 2.45) is 0 Å². The molecule has 0 radical (unpaired) electrons. The Morgan fingerprint density at radius 3 is 1.52 bits per heavy atom. The Morgan fingerprint density at radius 1 is 0.424 bits per heavy atom. The molecule has 0 aliphatic heterocycles. The van der Waals surface area contributed by atoms with Gasteiger partial charge in [-0.3, -0.25) is 0 Å². The zero-order chi connectivity index (χ0) is 23.3. The van der Waals surface area contributed by atoms with E-state index < -0.39 is 9.20 Å². The van der Waals surface area contributed by atoms with E-state index in [0.717, 1.165) is 28.2 Å². The molecule has 0 bridgehead atoms. The van der Waals surface area contributed by atoms with Gasteiger partial charge in [-0.05, 0) is 40.6 Å². The maximum absolute atomic E-state index is 6.36. The van der Waals surface area contributed by atoms with Crippen LogP contribution in [0.4, 0.5) is 0 Å². The summed E-state index contributed by atoms with van der Waals surface area (Å²) in [5, 5.41) is 2.44. The fourth-order valence-electron chi connectivity index (χ4n) is 3.53. The van der Waals surface area contributed by atoms with Crippen molar-refractivity contribution in [1.29, 1.82) is 0 Å². The average Bonchev–Trinajstić information content (AvgIpc) is 2.83. The quantitative estimate of drug-likeness (QED) is 0.159. The molecule has 33 heavy (non-hydrogen) atoms. The molecule has 0 fully saturated rings. The first kappa shape index (κ1) is 24.1. The van der Waals surface area contributed by atoms with Crippen molar-refractivity contribution in [2.75, 3.05) is 0 Å². The molecular formula is C27H19Cl4FeO. The Labute approximate surface area is 212 Å². The summed E-state index contributed by atoms with van der Waals surface area (Å²) in [5.41, 5.74) is 4.47. The van der Waals surface area contributed by atoms with E-state index in [1.807, 2.05) is 24.3 Å². The van der Waals surface area contributed by atoms with Crippen LogP contribution in [0.1, 0.15) is 0 Å². The van der Waals surface area contributed by atoms with Crippen molar-refractivity contribution in [3.63, 3.8) is 0 Å². The molecule has 0 saturated carbocycles. The molecule has 0 atom stereocenters. The summed E-state index contributed by atoms with van der Waals surface area (Å²) in [4.78, 5) is 0. The second-order valence-corrected chi connectivity index (χ2v) is 18.1. The molecule has 0 spiro atoms. The molecule has 5 aromatic rings. The molecule has 1 nitrogen and oxygen atoms in total. The molecule has 0 amide bonds. The summed E-state index contributed by atoms with van der Waals surface area (Å²) < 4.78 is 6.36. The molecule has 5 rings (SSSR count). The first-order valence-corrected chi connectivity index (χ1v) is 16.1. The molecule has 6 heteroatoms. The standard InChI is InChI=1S/C27H19O.4ClH.Fe/c1-3-9-20(10-4-1)25-18-26(22-12-5-2-6-13-22)28-27(19-25)24-16-15-21-11-7-8-14-23(21)17-24;;;;;/h1-19H;4*1H;/q+1;;;;;+3/p-4. The van der Waals surface area contributed by atoms with Crippen LogP contribution >= 0.6 is 40.4 Å². The van der Waals surface area contributed by atoms with Gasteiger partial charge in [0, 0.05) is 5.56 Å². The zero-order valence-corrected chi connectivity index (χ0v) is 21.4. The van der Waals surface area contributed by atoms with Gasteiger partial charge in [-0.2, -0.15) is 0 Å². The van der Waals surface area contributed by atoms with Gasteiger partial charge in [0.25, 0.3) is 0 Å². The van der Waals surface area contributed by atoms with Gasteiger partial charge in [-0.25, -0.2) is 4.42 Å². The fraction of sp³-hybridized carbons (Fsp3) is 0. The second-order valence-electron chi connectivity index (χ2n) is 7.17. The van der Waals surface area contributed by atoms with Gasteiger partial charge >= 0.3 is 61.1 Å². The van der Waals surface area contributed by atoms with Crippen molar-refractivity contribution in [1.82, 2.24) is 0 Å². The Morgan fingerprint density at radius 2 is 0.909 bits per heavy atom. The summed E-state index contributed by atoms with van der Waals surface area (Å²) in [5.74, 6) is 1.73. The zero-order valence-electron chi connectivity index (χ0n) is 17.2. The minimum absolute atomic E-state index is 0.866. The Hall–Kier alpha value is -2.03. The summed E-state index contributed by atoms with van der Waals surface area (Å²) >= 11 is 0. The molecule has 4 aromatic carbocycles. The van der Waals surface area contributed by atoms with Crippen LogP contribution in [0.2, 0.25) is 0 Å². The first-order valence-electron chi connectivity index (χ1n) is 9.98.